The molecule has 1 aliphatic heterocycles. The molecule has 5 rings (SSSR count). The lowest BCUT2D eigenvalue weighted by Gasteiger charge is -2.19. The molecule has 3 heterocycles. The Balaban J connectivity index is 1.46. The van der Waals surface area contributed by atoms with E-state index >= 15 is 0 Å². The topological polar surface area (TPSA) is 74.3 Å². The summed E-state index contributed by atoms with van der Waals surface area (Å²) in [6.45, 7) is 7.32. The Morgan fingerprint density at radius 3 is 2.54 bits per heavy atom. The smallest absolute Gasteiger partial charge is 0.181 e. The first-order valence-corrected chi connectivity index (χ1v) is 12.4. The Bertz CT molecular complexity index is 1360. The molecule has 0 spiro atoms. The Labute approximate surface area is 210 Å². The average molecular weight is 491 g/mol. The summed E-state index contributed by atoms with van der Waals surface area (Å²) in [7, 11) is 1.76. The average Bonchev–Trinajstić information content (AvgIpc) is 3.15. The van der Waals surface area contributed by atoms with Crippen molar-refractivity contribution in [3.05, 3.63) is 70.4 Å². The Morgan fingerprint density at radius 2 is 1.80 bits per heavy atom. The fraction of sp³-hybridized carbons (Fsp3) is 0.357. The van der Waals surface area contributed by atoms with Gasteiger partial charge in [-0.25, -0.2) is 4.98 Å². The zero-order chi connectivity index (χ0) is 24.6. The normalized spacial score (nSPS) is 14.8. The van der Waals surface area contributed by atoms with E-state index in [-0.39, 0.29) is 0 Å². The number of ether oxygens (including phenoxy) is 1. The molecule has 0 saturated carbocycles. The van der Waals surface area contributed by atoms with Crippen LogP contribution >= 0.6 is 11.6 Å². The molecule has 1 aliphatic rings. The van der Waals surface area contributed by atoms with Gasteiger partial charge in [0.25, 0.3) is 0 Å². The molecule has 0 fully saturated rings. The van der Waals surface area contributed by atoms with Crippen molar-refractivity contribution in [1.29, 1.82) is 0 Å². The van der Waals surface area contributed by atoms with E-state index in [1.54, 1.807) is 21.0 Å². The van der Waals surface area contributed by atoms with Gasteiger partial charge in [-0.1, -0.05) is 41.9 Å². The molecule has 2 aromatic heterocycles. The minimum absolute atomic E-state index is 0.521. The van der Waals surface area contributed by atoms with Gasteiger partial charge in [-0.15, -0.1) is 0 Å². The van der Waals surface area contributed by atoms with Gasteiger partial charge in [-0.05, 0) is 55.5 Å². The molecule has 2 N–H and O–H groups in total. The molecule has 0 radical (unpaired) electrons. The molecular formula is C28H31ClN4O2. The molecule has 6 nitrogen and oxygen atoms in total. The molecule has 7 heteroatoms. The zero-order valence-corrected chi connectivity index (χ0v) is 21.2. The number of benzene rings is 2. The van der Waals surface area contributed by atoms with Gasteiger partial charge in [-0.3, -0.25) is 5.10 Å². The lowest BCUT2D eigenvalue weighted by atomic mass is 9.95. The second kappa shape index (κ2) is 9.70. The van der Waals surface area contributed by atoms with Crippen LogP contribution in [0.25, 0.3) is 33.4 Å². The molecule has 4 aromatic rings. The summed E-state index contributed by atoms with van der Waals surface area (Å²) in [5.41, 5.74) is 7.16. The van der Waals surface area contributed by atoms with Crippen LogP contribution in [0.3, 0.4) is 0 Å². The zero-order valence-electron chi connectivity index (χ0n) is 20.4. The van der Waals surface area contributed by atoms with E-state index in [1.807, 2.05) is 24.4 Å². The maximum atomic E-state index is 10.4. The molecule has 0 atom stereocenters. The first-order valence-electron chi connectivity index (χ1n) is 12.0. The molecule has 2 aromatic carbocycles. The number of nitrogens with one attached hydrogen (secondary N) is 1. The number of aliphatic hydroxyl groups is 1. The summed E-state index contributed by atoms with van der Waals surface area (Å²) in [6.07, 6.45) is 3.98. The second-order valence-corrected chi connectivity index (χ2v) is 10.2. The third-order valence-corrected chi connectivity index (χ3v) is 7.19. The highest BCUT2D eigenvalue weighted by molar-refractivity contribution is 6.31. The fourth-order valence-corrected chi connectivity index (χ4v) is 5.25. The summed E-state index contributed by atoms with van der Waals surface area (Å²) in [5.74, 6) is 0. The van der Waals surface area contributed by atoms with Crippen molar-refractivity contribution in [3.8, 4) is 22.4 Å². The van der Waals surface area contributed by atoms with Crippen molar-refractivity contribution in [1.82, 2.24) is 20.1 Å². The molecule has 0 bridgehead atoms. The monoisotopic (exact) mass is 490 g/mol. The number of nitrogens with zero attached hydrogens (tertiary/aromatic N) is 3. The summed E-state index contributed by atoms with van der Waals surface area (Å²) >= 11 is 6.51. The fourth-order valence-electron chi connectivity index (χ4n) is 4.84. The lowest BCUT2D eigenvalue weighted by Crippen LogP contribution is -2.29. The van der Waals surface area contributed by atoms with Crippen molar-refractivity contribution in [2.45, 2.75) is 32.3 Å². The summed E-state index contributed by atoms with van der Waals surface area (Å²) < 4.78 is 5.26. The predicted molar refractivity (Wildman–Crippen MR) is 141 cm³/mol. The number of H-pyrrole nitrogens is 1. The number of aromatic amines is 1. The van der Waals surface area contributed by atoms with Crippen LogP contribution in [0.15, 0.2) is 48.7 Å². The number of halogens is 1. The second-order valence-electron chi connectivity index (χ2n) is 9.77. The number of rotatable bonds is 6. The number of aromatic nitrogens is 3. The van der Waals surface area contributed by atoms with Crippen molar-refractivity contribution in [2.75, 3.05) is 33.4 Å². The largest absolute Gasteiger partial charge is 0.386 e. The number of hydrogen-bond acceptors (Lipinski definition) is 5. The summed E-state index contributed by atoms with van der Waals surface area (Å²) in [4.78, 5) is 7.10. The van der Waals surface area contributed by atoms with Crippen molar-refractivity contribution >= 4 is 22.6 Å². The highest BCUT2D eigenvalue weighted by Gasteiger charge is 2.21. The first-order chi connectivity index (χ1) is 16.8. The number of pyridine rings is 1. The van der Waals surface area contributed by atoms with Crippen LogP contribution in [0.2, 0.25) is 5.02 Å². The molecule has 35 heavy (non-hydrogen) atoms. The van der Waals surface area contributed by atoms with Gasteiger partial charge >= 0.3 is 0 Å². The Hall–Kier alpha value is -2.77. The first kappa shape index (κ1) is 23.9. The molecule has 0 aliphatic carbocycles. The van der Waals surface area contributed by atoms with E-state index in [0.717, 1.165) is 66.9 Å². The highest BCUT2D eigenvalue weighted by atomic mass is 35.5. The van der Waals surface area contributed by atoms with Crippen LogP contribution in [-0.2, 0) is 23.2 Å². The maximum Gasteiger partial charge on any atom is 0.181 e. The van der Waals surface area contributed by atoms with Gasteiger partial charge < -0.3 is 14.7 Å². The van der Waals surface area contributed by atoms with Crippen LogP contribution in [0.1, 0.15) is 30.5 Å². The van der Waals surface area contributed by atoms with Crippen LogP contribution in [0.4, 0.5) is 0 Å². The molecule has 0 unspecified atom stereocenters. The molecular weight excluding hydrogens is 460 g/mol. The van der Waals surface area contributed by atoms with Crippen LogP contribution in [0, 0.1) is 0 Å². The molecule has 182 valence electrons. The van der Waals surface area contributed by atoms with Crippen LogP contribution < -0.4 is 0 Å². The van der Waals surface area contributed by atoms with E-state index < -0.39 is 5.60 Å². The van der Waals surface area contributed by atoms with E-state index in [4.69, 9.17) is 16.3 Å². The minimum Gasteiger partial charge on any atom is -0.386 e. The van der Waals surface area contributed by atoms with Crippen molar-refractivity contribution in [2.24, 2.45) is 0 Å². The number of hydrogen-bond donors (Lipinski definition) is 2. The number of methoxy groups -OCH3 is 1. The van der Waals surface area contributed by atoms with Gasteiger partial charge in [0, 0.05) is 60.0 Å². The van der Waals surface area contributed by atoms with E-state index in [0.29, 0.717) is 16.2 Å². The third kappa shape index (κ3) is 4.98. The highest BCUT2D eigenvalue weighted by Crippen LogP contribution is 2.35. The van der Waals surface area contributed by atoms with Crippen molar-refractivity contribution < 1.29 is 9.84 Å². The lowest BCUT2D eigenvalue weighted by molar-refractivity contribution is 0.0787. The van der Waals surface area contributed by atoms with Crippen LogP contribution in [-0.4, -0.2) is 58.5 Å². The van der Waals surface area contributed by atoms with Gasteiger partial charge in [-0.2, -0.15) is 5.10 Å². The van der Waals surface area contributed by atoms with Gasteiger partial charge in [0.1, 0.15) is 0 Å². The van der Waals surface area contributed by atoms with E-state index in [1.165, 1.54) is 11.1 Å². The Kier molecular flexibility index (Phi) is 6.64. The van der Waals surface area contributed by atoms with E-state index in [2.05, 4.69) is 44.3 Å². The maximum absolute atomic E-state index is 10.4. The molecule has 0 saturated heterocycles. The van der Waals surface area contributed by atoms with E-state index in [9.17, 15) is 5.11 Å². The Morgan fingerprint density at radius 1 is 1.03 bits per heavy atom. The predicted octanol–water partition coefficient (Wildman–Crippen LogP) is 5.22. The summed E-state index contributed by atoms with van der Waals surface area (Å²) in [6, 6.07) is 14.6. The molecule has 0 amide bonds. The minimum atomic E-state index is -1.01. The van der Waals surface area contributed by atoms with Crippen LogP contribution in [0.5, 0.6) is 0 Å². The quantitative estimate of drug-likeness (QED) is 0.387. The number of fused-ring (bicyclic) bond motifs is 2. The van der Waals surface area contributed by atoms with Crippen molar-refractivity contribution in [3.63, 3.8) is 0 Å². The third-order valence-electron chi connectivity index (χ3n) is 6.87. The van der Waals surface area contributed by atoms with Gasteiger partial charge in [0.15, 0.2) is 5.65 Å². The summed E-state index contributed by atoms with van der Waals surface area (Å²) in [5, 5.41) is 19.3. The SMILES string of the molecule is COCCN1CCc2ccc(-c3cnc4n[nH]c(-c5ccc(C(C)(C)O)c(Cl)c5)c4c3)cc2CC1. The standard InChI is InChI=1S/C28H31ClN4O2/c1-28(2,34)24-7-6-21(16-25(24)29)26-23-15-22(17-30-27(23)32-31-26)19-5-4-18-8-10-33(12-13-35-3)11-9-20(18)14-19/h4-7,14-17,34H,8-13H2,1-3H3,(H,30,31,32). The van der Waals surface area contributed by atoms with Gasteiger partial charge in [0.05, 0.1) is 17.9 Å². The van der Waals surface area contributed by atoms with Gasteiger partial charge in [0.2, 0.25) is 0 Å².